The molecule has 0 aliphatic carbocycles. The molecule has 0 aliphatic rings. The van der Waals surface area contributed by atoms with E-state index in [2.05, 4.69) is 0 Å². The van der Waals surface area contributed by atoms with Crippen LogP contribution in [0, 0.1) is 0 Å². The van der Waals surface area contributed by atoms with E-state index in [0.717, 1.165) is 0 Å². The van der Waals surface area contributed by atoms with Crippen molar-refractivity contribution in [1.82, 2.24) is 0 Å². The van der Waals surface area contributed by atoms with Crippen molar-refractivity contribution in [1.29, 1.82) is 0 Å². The summed E-state index contributed by atoms with van der Waals surface area (Å²) in [6, 6.07) is 7.38. The van der Waals surface area contributed by atoms with Gasteiger partial charge in [0.25, 0.3) is 0 Å². The van der Waals surface area contributed by atoms with Crippen molar-refractivity contribution in [2.45, 2.75) is 0 Å². The molecule has 0 saturated heterocycles. The Morgan fingerprint density at radius 1 is 0.552 bits per heavy atom. The van der Waals surface area contributed by atoms with Gasteiger partial charge < -0.3 is 38.9 Å². The summed E-state index contributed by atoms with van der Waals surface area (Å²) in [7, 11) is 0. The molecule has 0 unspecified atom stereocenters. The van der Waals surface area contributed by atoms with Crippen LogP contribution in [0.2, 0.25) is 0 Å². The summed E-state index contributed by atoms with van der Waals surface area (Å²) in [4.78, 5) is 0. The van der Waals surface area contributed by atoms with Crippen LogP contribution in [0.15, 0.2) is 24.3 Å². The van der Waals surface area contributed by atoms with Crippen molar-refractivity contribution >= 4 is 17.3 Å². The molecule has 0 bridgehead atoms. The predicted molar refractivity (Wildman–Crippen MR) is 112 cm³/mol. The van der Waals surface area contributed by atoms with Crippen molar-refractivity contribution < 1.29 is 33.2 Å². The molecule has 0 aliphatic heterocycles. The highest BCUT2D eigenvalue weighted by Gasteiger charge is 1.98. The molecule has 0 aromatic heterocycles. The first-order valence-electron chi connectivity index (χ1n) is 9.84. The van der Waals surface area contributed by atoms with Gasteiger partial charge in [0.1, 0.15) is 12.4 Å². The standard InChI is InChI=1S/C20H34ClNO7/c21-5-6-23-7-8-24-9-10-25-11-12-26-13-14-27-15-16-28-17-18-29-20-4-2-1-3-19(20)22/h1-4H,5-18,22H2. The second-order valence-electron chi connectivity index (χ2n) is 5.75. The number of ether oxygens (including phenoxy) is 7. The van der Waals surface area contributed by atoms with Gasteiger partial charge in [0.2, 0.25) is 0 Å². The van der Waals surface area contributed by atoms with Crippen molar-refractivity contribution in [3.8, 4) is 5.75 Å². The van der Waals surface area contributed by atoms with E-state index in [0.29, 0.717) is 103 Å². The summed E-state index contributed by atoms with van der Waals surface area (Å²) in [5.74, 6) is 1.18. The number of nitrogen functional groups attached to an aromatic ring is 1. The molecular formula is C20H34ClNO7. The Morgan fingerprint density at radius 2 is 0.931 bits per heavy atom. The smallest absolute Gasteiger partial charge is 0.142 e. The molecule has 9 heteroatoms. The molecule has 0 fully saturated rings. The Labute approximate surface area is 178 Å². The Balaban J connectivity index is 1.70. The Hall–Kier alpha value is -1.13. The van der Waals surface area contributed by atoms with Gasteiger partial charge in [-0.05, 0) is 12.1 Å². The van der Waals surface area contributed by atoms with Gasteiger partial charge in [0, 0.05) is 5.88 Å². The van der Waals surface area contributed by atoms with E-state index in [1.54, 1.807) is 6.07 Å². The number of alkyl halides is 1. The summed E-state index contributed by atoms with van der Waals surface area (Å²) in [5, 5.41) is 0. The summed E-state index contributed by atoms with van der Waals surface area (Å²) in [6.45, 7) is 6.77. The molecule has 1 aromatic rings. The number of benzene rings is 1. The van der Waals surface area contributed by atoms with E-state index in [1.165, 1.54) is 0 Å². The topological polar surface area (TPSA) is 90.6 Å². The fourth-order valence-electron chi connectivity index (χ4n) is 2.08. The predicted octanol–water partition coefficient (Wildman–Crippen LogP) is 1.99. The van der Waals surface area contributed by atoms with Gasteiger partial charge in [-0.1, -0.05) is 12.1 Å². The van der Waals surface area contributed by atoms with Crippen LogP contribution in [0.4, 0.5) is 5.69 Å². The summed E-state index contributed by atoms with van der Waals surface area (Å²) < 4.78 is 37.7. The van der Waals surface area contributed by atoms with Crippen LogP contribution >= 0.6 is 11.6 Å². The molecule has 2 N–H and O–H groups in total. The van der Waals surface area contributed by atoms with E-state index >= 15 is 0 Å². The van der Waals surface area contributed by atoms with E-state index in [1.807, 2.05) is 18.2 Å². The zero-order valence-corrected chi connectivity index (χ0v) is 17.8. The first-order chi connectivity index (χ1) is 14.3. The first kappa shape index (κ1) is 25.9. The van der Waals surface area contributed by atoms with Gasteiger partial charge in [-0.15, -0.1) is 11.6 Å². The van der Waals surface area contributed by atoms with Gasteiger partial charge >= 0.3 is 0 Å². The van der Waals surface area contributed by atoms with Crippen LogP contribution in [0.3, 0.4) is 0 Å². The lowest BCUT2D eigenvalue weighted by molar-refractivity contribution is -0.0172. The van der Waals surface area contributed by atoms with Gasteiger partial charge in [-0.2, -0.15) is 0 Å². The molecular weight excluding hydrogens is 402 g/mol. The van der Waals surface area contributed by atoms with Gasteiger partial charge in [0.05, 0.1) is 85.0 Å². The second-order valence-corrected chi connectivity index (χ2v) is 6.13. The fraction of sp³-hybridized carbons (Fsp3) is 0.700. The minimum Gasteiger partial charge on any atom is -0.489 e. The van der Waals surface area contributed by atoms with Gasteiger partial charge in [0.15, 0.2) is 0 Å². The maximum Gasteiger partial charge on any atom is 0.142 e. The van der Waals surface area contributed by atoms with Crippen molar-refractivity contribution in [3.05, 3.63) is 24.3 Å². The third-order valence-electron chi connectivity index (χ3n) is 3.49. The second kappa shape index (κ2) is 20.2. The number of rotatable bonds is 21. The molecule has 1 aromatic carbocycles. The average Bonchev–Trinajstić information content (AvgIpc) is 2.73. The Kier molecular flexibility index (Phi) is 18.0. The Morgan fingerprint density at radius 3 is 1.34 bits per heavy atom. The monoisotopic (exact) mass is 435 g/mol. The molecule has 29 heavy (non-hydrogen) atoms. The zero-order chi connectivity index (χ0) is 20.8. The lowest BCUT2D eigenvalue weighted by Crippen LogP contribution is -2.15. The van der Waals surface area contributed by atoms with E-state index in [-0.39, 0.29) is 0 Å². The summed E-state index contributed by atoms with van der Waals surface area (Å²) >= 11 is 5.49. The molecule has 0 amide bonds. The number of para-hydroxylation sites is 2. The maximum atomic E-state index is 5.79. The number of nitrogens with two attached hydrogens (primary N) is 1. The normalized spacial score (nSPS) is 11.1. The van der Waals surface area contributed by atoms with Crippen LogP contribution in [-0.2, 0) is 28.4 Å². The quantitative estimate of drug-likeness (QED) is 0.178. The van der Waals surface area contributed by atoms with Gasteiger partial charge in [-0.3, -0.25) is 0 Å². The summed E-state index contributed by atoms with van der Waals surface area (Å²) in [6.07, 6.45) is 0. The SMILES string of the molecule is Nc1ccccc1OCCOCCOCCOCCOCCOCCOCCCl. The van der Waals surface area contributed by atoms with Crippen LogP contribution < -0.4 is 10.5 Å². The van der Waals surface area contributed by atoms with Crippen molar-refractivity contribution in [2.24, 2.45) is 0 Å². The largest absolute Gasteiger partial charge is 0.489 e. The third-order valence-corrected chi connectivity index (χ3v) is 3.64. The van der Waals surface area contributed by atoms with E-state index < -0.39 is 0 Å². The highest BCUT2D eigenvalue weighted by atomic mass is 35.5. The van der Waals surface area contributed by atoms with Crippen LogP contribution in [0.1, 0.15) is 0 Å². The minimum absolute atomic E-state index is 0.449. The lowest BCUT2D eigenvalue weighted by atomic mass is 10.3. The zero-order valence-electron chi connectivity index (χ0n) is 17.0. The number of hydrogen-bond donors (Lipinski definition) is 1. The van der Waals surface area contributed by atoms with E-state index in [4.69, 9.17) is 50.5 Å². The molecule has 168 valence electrons. The lowest BCUT2D eigenvalue weighted by Gasteiger charge is -2.09. The van der Waals surface area contributed by atoms with Crippen LogP contribution in [-0.4, -0.2) is 91.8 Å². The average molecular weight is 436 g/mol. The molecule has 0 radical (unpaired) electrons. The molecule has 0 spiro atoms. The van der Waals surface area contributed by atoms with Crippen LogP contribution in [0.5, 0.6) is 5.75 Å². The molecule has 0 saturated carbocycles. The number of anilines is 1. The van der Waals surface area contributed by atoms with Crippen molar-refractivity contribution in [3.63, 3.8) is 0 Å². The highest BCUT2D eigenvalue weighted by Crippen LogP contribution is 2.19. The highest BCUT2D eigenvalue weighted by molar-refractivity contribution is 6.17. The number of halogens is 1. The third kappa shape index (κ3) is 16.4. The van der Waals surface area contributed by atoms with Crippen molar-refractivity contribution in [2.75, 3.05) is 97.5 Å². The molecule has 0 heterocycles. The van der Waals surface area contributed by atoms with E-state index in [9.17, 15) is 0 Å². The number of hydrogen-bond acceptors (Lipinski definition) is 8. The maximum absolute atomic E-state index is 5.79. The molecule has 1 rings (SSSR count). The van der Waals surface area contributed by atoms with Crippen LogP contribution in [0.25, 0.3) is 0 Å². The molecule has 0 atom stereocenters. The molecule has 8 nitrogen and oxygen atoms in total. The first-order valence-corrected chi connectivity index (χ1v) is 10.4. The minimum atomic E-state index is 0.449. The fourth-order valence-corrected chi connectivity index (χ4v) is 2.19. The van der Waals surface area contributed by atoms with Gasteiger partial charge in [-0.25, -0.2) is 0 Å². The summed E-state index contributed by atoms with van der Waals surface area (Å²) in [5.41, 5.74) is 6.41. The Bertz CT molecular complexity index is 482.